The standard InChI is InChI=1S/C50H39N4O.Pt/c1-31(2)34-20-13-21-35(32(3)4)47(34)49-48-41-19-8-7-17-38(41)36-15-5-6-16-37(36)40-27-26-33(29-45(40)53(48)30-52(49)44-24-11-12-25-46(44)55)54-43-23-10-9-18-39(43)42-22-14-28-51-50(42)54;/h5-28,31-32,55H,1-4H3;/q-1;+2. The largest absolute Gasteiger partial charge is 2.00 e. The van der Waals surface area contributed by atoms with Crippen LogP contribution in [0.15, 0.2) is 146 Å². The summed E-state index contributed by atoms with van der Waals surface area (Å²) in [6, 6.07) is 52.6. The van der Waals surface area contributed by atoms with Crippen LogP contribution in [0.1, 0.15) is 50.7 Å². The number of rotatable bonds is 5. The normalized spacial score (nSPS) is 11.8. The second-order valence-electron chi connectivity index (χ2n) is 15.0. The van der Waals surface area contributed by atoms with Gasteiger partial charge < -0.3 is 14.2 Å². The van der Waals surface area contributed by atoms with Gasteiger partial charge in [-0.25, -0.2) is 4.98 Å². The van der Waals surface area contributed by atoms with Gasteiger partial charge >= 0.3 is 21.1 Å². The fourth-order valence-electron chi connectivity index (χ4n) is 8.62. The van der Waals surface area contributed by atoms with E-state index in [0.717, 1.165) is 78.1 Å². The predicted molar refractivity (Wildman–Crippen MR) is 222 cm³/mol. The molecule has 10 rings (SSSR count). The summed E-state index contributed by atoms with van der Waals surface area (Å²) in [4.78, 5) is 4.91. The molecular weight excluding hydrogens is 868 g/mol. The zero-order valence-electron chi connectivity index (χ0n) is 31.6. The van der Waals surface area contributed by atoms with Crippen LogP contribution in [-0.4, -0.2) is 19.2 Å². The molecule has 0 atom stereocenters. The third-order valence-electron chi connectivity index (χ3n) is 11.1. The molecule has 9 aromatic rings. The maximum atomic E-state index is 11.6. The number of aromatic nitrogens is 4. The Hall–Kier alpha value is -6.03. The predicted octanol–water partition coefficient (Wildman–Crippen LogP) is 11.8. The monoisotopic (exact) mass is 906 g/mol. The second-order valence-corrected chi connectivity index (χ2v) is 15.0. The molecule has 56 heavy (non-hydrogen) atoms. The fraction of sp³-hybridized carbons (Fsp3) is 0.120. The van der Waals surface area contributed by atoms with Crippen molar-refractivity contribution in [3.63, 3.8) is 0 Å². The summed E-state index contributed by atoms with van der Waals surface area (Å²) in [5.74, 6) is 0.655. The van der Waals surface area contributed by atoms with Gasteiger partial charge in [0.2, 0.25) is 0 Å². The zero-order valence-corrected chi connectivity index (χ0v) is 33.8. The van der Waals surface area contributed by atoms with Gasteiger partial charge in [-0.15, -0.1) is 17.7 Å². The van der Waals surface area contributed by atoms with Gasteiger partial charge in [0.25, 0.3) is 6.33 Å². The van der Waals surface area contributed by atoms with Gasteiger partial charge in [-0.3, -0.25) is 4.57 Å². The molecule has 3 aromatic heterocycles. The molecule has 1 N–H and O–H groups in total. The van der Waals surface area contributed by atoms with E-state index in [1.165, 1.54) is 11.1 Å². The number of fused-ring (bicyclic) bond motifs is 11. The van der Waals surface area contributed by atoms with E-state index < -0.39 is 0 Å². The molecule has 6 aromatic carbocycles. The summed E-state index contributed by atoms with van der Waals surface area (Å²) in [7, 11) is 0. The topological polar surface area (TPSA) is 46.9 Å². The Balaban J connectivity index is 0.00000410. The summed E-state index contributed by atoms with van der Waals surface area (Å²) >= 11 is 0. The molecule has 6 heteroatoms. The smallest absolute Gasteiger partial charge is 0.511 e. The van der Waals surface area contributed by atoms with Crippen LogP contribution in [0.2, 0.25) is 0 Å². The number of phenolic OH excluding ortho intramolecular Hbond substituents is 1. The quantitative estimate of drug-likeness (QED) is 0.138. The summed E-state index contributed by atoms with van der Waals surface area (Å²) in [6.07, 6.45) is 5.71. The van der Waals surface area contributed by atoms with Crippen molar-refractivity contribution in [2.75, 3.05) is 0 Å². The van der Waals surface area contributed by atoms with Crippen LogP contribution < -0.4 is 4.57 Å². The Morgan fingerprint density at radius 1 is 0.607 bits per heavy atom. The van der Waals surface area contributed by atoms with Crippen molar-refractivity contribution in [1.29, 1.82) is 0 Å². The van der Waals surface area contributed by atoms with Gasteiger partial charge in [0, 0.05) is 17.0 Å². The van der Waals surface area contributed by atoms with Crippen LogP contribution in [0.4, 0.5) is 0 Å². The van der Waals surface area contributed by atoms with E-state index >= 15 is 0 Å². The summed E-state index contributed by atoms with van der Waals surface area (Å²) in [5, 5.41) is 13.8. The molecule has 0 bridgehead atoms. The number of pyridine rings is 1. The van der Waals surface area contributed by atoms with Crippen LogP contribution in [0.25, 0.3) is 83.8 Å². The van der Waals surface area contributed by atoms with Crippen LogP contribution in [0.3, 0.4) is 0 Å². The molecule has 0 fully saturated rings. The van der Waals surface area contributed by atoms with Crippen molar-refractivity contribution in [2.24, 2.45) is 0 Å². The van der Waals surface area contributed by atoms with Gasteiger partial charge in [-0.2, -0.15) is 6.07 Å². The molecule has 0 aliphatic carbocycles. The first-order valence-electron chi connectivity index (χ1n) is 19.0. The number of hydrogen-bond donors (Lipinski definition) is 1. The molecule has 0 amide bonds. The molecule has 1 aliphatic rings. The van der Waals surface area contributed by atoms with E-state index in [2.05, 4.69) is 163 Å². The number of phenols is 1. The minimum Gasteiger partial charge on any atom is -0.511 e. The Kier molecular flexibility index (Phi) is 8.86. The average molecular weight is 907 g/mol. The molecule has 0 unspecified atom stereocenters. The van der Waals surface area contributed by atoms with Crippen molar-refractivity contribution in [3.8, 4) is 67.6 Å². The van der Waals surface area contributed by atoms with Crippen LogP contribution in [-0.2, 0) is 21.1 Å². The van der Waals surface area contributed by atoms with E-state index in [-0.39, 0.29) is 38.7 Å². The third-order valence-corrected chi connectivity index (χ3v) is 11.1. The number of hydrogen-bond acceptors (Lipinski definition) is 2. The first-order chi connectivity index (χ1) is 26.9. The minimum absolute atomic E-state index is 0. The van der Waals surface area contributed by atoms with Crippen LogP contribution in [0, 0.1) is 12.4 Å². The summed E-state index contributed by atoms with van der Waals surface area (Å²) in [6.45, 7) is 9.04. The average Bonchev–Trinajstić information content (AvgIpc) is 3.76. The Bertz CT molecular complexity index is 2890. The molecule has 0 spiro atoms. The molecule has 0 saturated carbocycles. The van der Waals surface area contributed by atoms with Crippen LogP contribution in [0.5, 0.6) is 5.75 Å². The minimum atomic E-state index is 0. The first kappa shape index (κ1) is 35.7. The van der Waals surface area contributed by atoms with Crippen molar-refractivity contribution in [1.82, 2.24) is 14.1 Å². The second kappa shape index (κ2) is 13.9. The van der Waals surface area contributed by atoms with Gasteiger partial charge in [0.1, 0.15) is 17.1 Å². The van der Waals surface area contributed by atoms with Crippen molar-refractivity contribution >= 4 is 21.9 Å². The van der Waals surface area contributed by atoms with Gasteiger partial charge in [-0.1, -0.05) is 136 Å². The number of imidazole rings is 1. The van der Waals surface area contributed by atoms with Gasteiger partial charge in [0.05, 0.1) is 16.9 Å². The number of para-hydroxylation sites is 3. The SMILES string of the molecule is CC(C)c1cccc(C(C)C)c1-c1c2n([c-][n+]1-c1ccccc1O)-c1[c-]c(-n3c4ccccc4c4cccnc43)ccc1-c1ccccc1-c1ccccc1-2.[Pt+2]. The molecule has 274 valence electrons. The first-order valence-corrected chi connectivity index (χ1v) is 19.0. The molecule has 0 radical (unpaired) electrons. The number of benzene rings is 6. The molecular formula is C50H39N4OPt+. The molecule has 4 heterocycles. The van der Waals surface area contributed by atoms with E-state index in [0.29, 0.717) is 5.69 Å². The van der Waals surface area contributed by atoms with E-state index in [9.17, 15) is 5.11 Å². The Labute approximate surface area is 341 Å². The van der Waals surface area contributed by atoms with E-state index in [1.54, 1.807) is 6.07 Å². The fourth-order valence-corrected chi connectivity index (χ4v) is 8.62. The van der Waals surface area contributed by atoms with Gasteiger partial charge in [-0.05, 0) is 81.2 Å². The maximum absolute atomic E-state index is 11.6. The molecule has 5 nitrogen and oxygen atoms in total. The van der Waals surface area contributed by atoms with Crippen molar-refractivity contribution in [3.05, 3.63) is 169 Å². The summed E-state index contributed by atoms with van der Waals surface area (Å²) in [5.41, 5.74) is 15.5. The maximum Gasteiger partial charge on any atom is 2.00 e. The summed E-state index contributed by atoms with van der Waals surface area (Å²) < 4.78 is 6.49. The Morgan fingerprint density at radius 2 is 1.21 bits per heavy atom. The van der Waals surface area contributed by atoms with E-state index in [1.807, 2.05) is 30.5 Å². The molecule has 0 saturated heterocycles. The van der Waals surface area contributed by atoms with Crippen LogP contribution >= 0.6 is 0 Å². The van der Waals surface area contributed by atoms with Crippen molar-refractivity contribution < 1.29 is 30.7 Å². The third kappa shape index (κ3) is 5.40. The zero-order chi connectivity index (χ0) is 37.4. The number of aromatic hydroxyl groups is 1. The molecule has 1 aliphatic heterocycles. The van der Waals surface area contributed by atoms with E-state index in [4.69, 9.17) is 4.98 Å². The number of nitrogens with zero attached hydrogens (tertiary/aromatic N) is 4. The van der Waals surface area contributed by atoms with Gasteiger partial charge in [0.15, 0.2) is 0 Å². The Morgan fingerprint density at radius 3 is 1.93 bits per heavy atom. The van der Waals surface area contributed by atoms with Crippen molar-refractivity contribution in [2.45, 2.75) is 39.5 Å².